The van der Waals surface area contributed by atoms with Crippen LogP contribution in [0.4, 0.5) is 0 Å². The van der Waals surface area contributed by atoms with Gasteiger partial charge in [0.15, 0.2) is 0 Å². The lowest BCUT2D eigenvalue weighted by molar-refractivity contribution is -0.127. The van der Waals surface area contributed by atoms with E-state index >= 15 is 0 Å². The standard InChI is InChI=1S/C24H23IN6O2S/c1-16-11-21-20(15-28-16)29-23(34-21)18(14-26)19-8-9-27-24(30-19)33-10-6-4-5-7-17(13-25)12-22(32)31(2)3/h4-9,11,13,15,18H,10,12H2,1-3H3/b6-4+,7-5-,17-13+. The predicted molar refractivity (Wildman–Crippen MR) is 141 cm³/mol. The molecule has 0 N–H and O–H groups in total. The quantitative estimate of drug-likeness (QED) is 0.264. The molecule has 0 bridgehead atoms. The predicted octanol–water partition coefficient (Wildman–Crippen LogP) is 4.73. The minimum absolute atomic E-state index is 0.0465. The van der Waals surface area contributed by atoms with E-state index in [2.05, 4.69) is 48.6 Å². The Hall–Kier alpha value is -3.17. The van der Waals surface area contributed by atoms with Crippen LogP contribution < -0.4 is 4.74 Å². The number of nitrogens with zero attached hydrogens (tertiary/aromatic N) is 6. The highest BCUT2D eigenvalue weighted by atomic mass is 127. The highest BCUT2D eigenvalue weighted by Crippen LogP contribution is 2.31. The largest absolute Gasteiger partial charge is 0.459 e. The van der Waals surface area contributed by atoms with E-state index in [1.54, 1.807) is 37.5 Å². The smallest absolute Gasteiger partial charge is 0.316 e. The van der Waals surface area contributed by atoms with Crippen molar-refractivity contribution in [2.75, 3.05) is 20.7 Å². The van der Waals surface area contributed by atoms with E-state index in [0.717, 1.165) is 21.5 Å². The number of pyridine rings is 1. The summed E-state index contributed by atoms with van der Waals surface area (Å²) in [5.74, 6) is -0.574. The molecule has 0 saturated heterocycles. The van der Waals surface area contributed by atoms with Gasteiger partial charge in [0.1, 0.15) is 17.5 Å². The van der Waals surface area contributed by atoms with Crippen LogP contribution in [0.3, 0.4) is 0 Å². The second-order valence-electron chi connectivity index (χ2n) is 7.42. The highest BCUT2D eigenvalue weighted by Gasteiger charge is 2.20. The number of aromatic nitrogens is 4. The zero-order valence-corrected chi connectivity index (χ0v) is 21.9. The Balaban J connectivity index is 1.61. The first-order chi connectivity index (χ1) is 16.4. The number of halogens is 1. The number of allylic oxidation sites excluding steroid dienone is 3. The molecule has 0 saturated carbocycles. The van der Waals surface area contributed by atoms with Crippen LogP contribution in [0.2, 0.25) is 0 Å². The maximum atomic E-state index is 11.8. The summed E-state index contributed by atoms with van der Waals surface area (Å²) in [5.41, 5.74) is 3.12. The maximum absolute atomic E-state index is 11.8. The molecule has 0 aliphatic carbocycles. The average Bonchev–Trinajstić information content (AvgIpc) is 3.23. The van der Waals surface area contributed by atoms with Gasteiger partial charge in [0.25, 0.3) is 0 Å². The van der Waals surface area contributed by atoms with Crippen LogP contribution >= 0.6 is 33.9 Å². The number of nitriles is 1. The Labute approximate surface area is 215 Å². The van der Waals surface area contributed by atoms with Crippen LogP contribution in [0.5, 0.6) is 6.01 Å². The van der Waals surface area contributed by atoms with Crippen LogP contribution in [0.25, 0.3) is 10.2 Å². The molecule has 0 aliphatic rings. The van der Waals surface area contributed by atoms with Gasteiger partial charge in [0.2, 0.25) is 5.91 Å². The molecule has 3 aromatic rings. The minimum Gasteiger partial charge on any atom is -0.459 e. The number of carbonyl (C=O) groups excluding carboxylic acids is 1. The zero-order valence-electron chi connectivity index (χ0n) is 19.0. The van der Waals surface area contributed by atoms with Gasteiger partial charge >= 0.3 is 6.01 Å². The van der Waals surface area contributed by atoms with Gasteiger partial charge < -0.3 is 9.64 Å². The Morgan fingerprint density at radius 1 is 1.32 bits per heavy atom. The summed E-state index contributed by atoms with van der Waals surface area (Å²) >= 11 is 3.58. The number of hydrogen-bond donors (Lipinski definition) is 0. The third-order valence-corrected chi connectivity index (χ3v) is 6.50. The Morgan fingerprint density at radius 2 is 2.15 bits per heavy atom. The summed E-state index contributed by atoms with van der Waals surface area (Å²) in [4.78, 5) is 30.8. The molecule has 1 amide bonds. The number of ether oxygens (including phenoxy) is 1. The molecule has 0 radical (unpaired) electrons. The van der Waals surface area contributed by atoms with E-state index in [4.69, 9.17) is 4.74 Å². The van der Waals surface area contributed by atoms with Crippen molar-refractivity contribution in [3.63, 3.8) is 0 Å². The lowest BCUT2D eigenvalue weighted by atomic mass is 10.1. The molecular weight excluding hydrogens is 563 g/mol. The molecule has 0 aromatic carbocycles. The van der Waals surface area contributed by atoms with Crippen LogP contribution in [-0.4, -0.2) is 51.4 Å². The summed E-state index contributed by atoms with van der Waals surface area (Å²) in [7, 11) is 3.47. The fourth-order valence-electron chi connectivity index (χ4n) is 2.81. The summed E-state index contributed by atoms with van der Waals surface area (Å²) in [6.07, 6.45) is 11.0. The van der Waals surface area contributed by atoms with Crippen molar-refractivity contribution < 1.29 is 9.53 Å². The van der Waals surface area contributed by atoms with Gasteiger partial charge in [-0.1, -0.05) is 40.8 Å². The number of hydrogen-bond acceptors (Lipinski definition) is 8. The number of carbonyl (C=O) groups is 1. The van der Waals surface area contributed by atoms with Crippen molar-refractivity contribution in [1.29, 1.82) is 5.26 Å². The van der Waals surface area contributed by atoms with Gasteiger partial charge in [0.05, 0.1) is 34.6 Å². The van der Waals surface area contributed by atoms with Crippen molar-refractivity contribution in [2.24, 2.45) is 0 Å². The number of amides is 1. The Bertz CT molecular complexity index is 1290. The van der Waals surface area contributed by atoms with Gasteiger partial charge in [-0.2, -0.15) is 10.2 Å². The first kappa shape index (κ1) is 25.5. The van der Waals surface area contributed by atoms with E-state index < -0.39 is 5.92 Å². The van der Waals surface area contributed by atoms with E-state index in [-0.39, 0.29) is 18.5 Å². The zero-order chi connectivity index (χ0) is 24.5. The molecule has 3 rings (SSSR count). The lowest BCUT2D eigenvalue weighted by Crippen LogP contribution is -2.21. The van der Waals surface area contributed by atoms with Crippen LogP contribution in [0, 0.1) is 18.3 Å². The summed E-state index contributed by atoms with van der Waals surface area (Å²) in [6, 6.07) is 6.13. The Morgan fingerprint density at radius 3 is 2.88 bits per heavy atom. The van der Waals surface area contributed by atoms with E-state index in [1.807, 2.05) is 41.4 Å². The first-order valence-electron chi connectivity index (χ1n) is 10.3. The molecule has 0 spiro atoms. The molecule has 8 nitrogen and oxygen atoms in total. The molecule has 3 heterocycles. The van der Waals surface area contributed by atoms with Crippen molar-refractivity contribution in [1.82, 2.24) is 24.8 Å². The molecule has 3 aromatic heterocycles. The second kappa shape index (κ2) is 12.3. The van der Waals surface area contributed by atoms with Gasteiger partial charge in [-0.3, -0.25) is 9.78 Å². The summed E-state index contributed by atoms with van der Waals surface area (Å²) in [5, 5.41) is 10.4. The highest BCUT2D eigenvalue weighted by molar-refractivity contribution is 14.1. The fraction of sp³-hybridized carbons (Fsp3) is 0.250. The SMILES string of the molecule is Cc1cc2sc(C(C#N)c3ccnc(OC/C=C/C=C\C(=C/I)CC(=O)N(C)C)n3)nc2cn1. The van der Waals surface area contributed by atoms with E-state index in [0.29, 0.717) is 17.1 Å². The maximum Gasteiger partial charge on any atom is 0.316 e. The monoisotopic (exact) mass is 586 g/mol. The molecule has 0 aliphatic heterocycles. The van der Waals surface area contributed by atoms with Gasteiger partial charge in [0, 0.05) is 26.0 Å². The van der Waals surface area contributed by atoms with Crippen molar-refractivity contribution >= 4 is 50.1 Å². The van der Waals surface area contributed by atoms with Crippen LogP contribution in [0.15, 0.2) is 58.5 Å². The van der Waals surface area contributed by atoms with Gasteiger partial charge in [-0.15, -0.1) is 11.3 Å². The van der Waals surface area contributed by atoms with Crippen molar-refractivity contribution in [3.05, 3.63) is 74.9 Å². The summed E-state index contributed by atoms with van der Waals surface area (Å²) in [6.45, 7) is 2.18. The number of rotatable bonds is 9. The van der Waals surface area contributed by atoms with Gasteiger partial charge in [-0.05, 0) is 34.8 Å². The molecule has 1 atom stereocenters. The number of aryl methyl sites for hydroxylation is 1. The van der Waals surface area contributed by atoms with Crippen molar-refractivity contribution in [2.45, 2.75) is 19.3 Å². The topological polar surface area (TPSA) is 105 Å². The first-order valence-corrected chi connectivity index (χ1v) is 12.4. The minimum atomic E-state index is -0.620. The third-order valence-electron chi connectivity index (χ3n) is 4.62. The van der Waals surface area contributed by atoms with E-state index in [1.165, 1.54) is 11.3 Å². The molecular formula is C24H23IN6O2S. The molecule has 0 fully saturated rings. The van der Waals surface area contributed by atoms with Crippen LogP contribution in [0.1, 0.15) is 28.7 Å². The van der Waals surface area contributed by atoms with E-state index in [9.17, 15) is 10.1 Å². The molecule has 10 heteroatoms. The lowest BCUT2D eigenvalue weighted by Gasteiger charge is -2.09. The van der Waals surface area contributed by atoms with Crippen LogP contribution in [-0.2, 0) is 4.79 Å². The number of fused-ring (bicyclic) bond motifs is 1. The fourth-order valence-corrected chi connectivity index (χ4v) is 4.33. The van der Waals surface area contributed by atoms with Gasteiger partial charge in [-0.25, -0.2) is 9.97 Å². The number of thiazole rings is 1. The third kappa shape index (κ3) is 6.91. The van der Waals surface area contributed by atoms with Crippen molar-refractivity contribution in [3.8, 4) is 12.1 Å². The normalized spacial score (nSPS) is 12.9. The molecule has 34 heavy (non-hydrogen) atoms. The molecule has 174 valence electrons. The Kier molecular flexibility index (Phi) is 9.24. The summed E-state index contributed by atoms with van der Waals surface area (Å²) < 4.78 is 8.49. The average molecular weight is 586 g/mol. The molecule has 1 unspecified atom stereocenters. The second-order valence-corrected chi connectivity index (χ2v) is 9.10.